The molecule has 0 aliphatic rings. The van der Waals surface area contributed by atoms with Crippen LogP contribution in [0.2, 0.25) is 0 Å². The van der Waals surface area contributed by atoms with Crippen molar-refractivity contribution in [2.24, 2.45) is 0 Å². The van der Waals surface area contributed by atoms with E-state index >= 15 is 0 Å². The van der Waals surface area contributed by atoms with Crippen LogP contribution in [0, 0.1) is 0 Å². The van der Waals surface area contributed by atoms with Crippen LogP contribution in [0.1, 0.15) is 12.1 Å². The molecular weight excluding hydrogens is 314 g/mol. The highest BCUT2D eigenvalue weighted by molar-refractivity contribution is 9.10. The van der Waals surface area contributed by atoms with Gasteiger partial charge >= 0.3 is 0 Å². The number of pyridine rings is 1. The summed E-state index contributed by atoms with van der Waals surface area (Å²) in [6.07, 6.45) is 2.95. The Kier molecular flexibility index (Phi) is 6.02. The minimum Gasteiger partial charge on any atom is -0.375 e. The molecule has 1 N–H and O–H groups in total. The van der Waals surface area contributed by atoms with Gasteiger partial charge in [-0.15, -0.1) is 0 Å². The minimum atomic E-state index is 0.822. The first-order valence-corrected chi connectivity index (χ1v) is 7.62. The lowest BCUT2D eigenvalue weighted by Crippen LogP contribution is -2.23. The zero-order chi connectivity index (χ0) is 14.2. The van der Waals surface area contributed by atoms with Crippen LogP contribution in [-0.4, -0.2) is 25.1 Å². The highest BCUT2D eigenvalue weighted by Gasteiger charge is 1.99. The molecule has 0 saturated carbocycles. The largest absolute Gasteiger partial charge is 0.375 e. The highest BCUT2D eigenvalue weighted by atomic mass is 79.9. The van der Waals surface area contributed by atoms with E-state index in [0.717, 1.165) is 36.2 Å². The van der Waals surface area contributed by atoms with E-state index in [0.29, 0.717) is 0 Å². The summed E-state index contributed by atoms with van der Waals surface area (Å²) in [5.74, 6) is 0. The van der Waals surface area contributed by atoms with Crippen LogP contribution >= 0.6 is 15.9 Å². The Morgan fingerprint density at radius 3 is 2.65 bits per heavy atom. The van der Waals surface area contributed by atoms with Crippen molar-refractivity contribution in [2.45, 2.75) is 13.0 Å². The normalized spacial score (nSPS) is 10.5. The van der Waals surface area contributed by atoms with E-state index in [1.165, 1.54) is 5.69 Å². The zero-order valence-corrected chi connectivity index (χ0v) is 13.3. The van der Waals surface area contributed by atoms with Gasteiger partial charge in [-0.25, -0.2) is 0 Å². The van der Waals surface area contributed by atoms with Crippen LogP contribution in [-0.2, 0) is 6.54 Å². The van der Waals surface area contributed by atoms with Gasteiger partial charge in [0.25, 0.3) is 0 Å². The maximum absolute atomic E-state index is 4.34. The van der Waals surface area contributed by atoms with Crippen LogP contribution < -0.4 is 10.2 Å². The molecule has 0 unspecified atom stereocenters. The maximum Gasteiger partial charge on any atom is 0.0542 e. The molecule has 0 atom stereocenters. The van der Waals surface area contributed by atoms with Gasteiger partial charge in [-0.05, 0) is 53.2 Å². The van der Waals surface area contributed by atoms with Gasteiger partial charge in [-0.3, -0.25) is 4.98 Å². The Morgan fingerprint density at radius 1 is 1.15 bits per heavy atom. The van der Waals surface area contributed by atoms with E-state index in [1.807, 2.05) is 24.4 Å². The lowest BCUT2D eigenvalue weighted by Gasteiger charge is -2.19. The lowest BCUT2D eigenvalue weighted by molar-refractivity contribution is 0.637. The van der Waals surface area contributed by atoms with Gasteiger partial charge in [0.2, 0.25) is 0 Å². The van der Waals surface area contributed by atoms with Crippen molar-refractivity contribution in [1.82, 2.24) is 10.3 Å². The van der Waals surface area contributed by atoms with Crippen molar-refractivity contribution in [3.63, 3.8) is 0 Å². The van der Waals surface area contributed by atoms with Crippen LogP contribution in [0.5, 0.6) is 0 Å². The third-order valence-electron chi connectivity index (χ3n) is 3.14. The van der Waals surface area contributed by atoms with Gasteiger partial charge < -0.3 is 10.2 Å². The summed E-state index contributed by atoms with van der Waals surface area (Å²) in [6, 6.07) is 14.5. The second-order valence-electron chi connectivity index (χ2n) is 4.76. The van der Waals surface area contributed by atoms with E-state index in [-0.39, 0.29) is 0 Å². The number of rotatable bonds is 7. The molecule has 0 radical (unpaired) electrons. The first kappa shape index (κ1) is 15.0. The average molecular weight is 334 g/mol. The molecule has 1 aromatic carbocycles. The highest BCUT2D eigenvalue weighted by Crippen LogP contribution is 2.10. The quantitative estimate of drug-likeness (QED) is 0.786. The molecule has 0 amide bonds. The van der Waals surface area contributed by atoms with Crippen molar-refractivity contribution in [3.05, 3.63) is 58.8 Å². The summed E-state index contributed by atoms with van der Waals surface area (Å²) in [5.41, 5.74) is 2.34. The summed E-state index contributed by atoms with van der Waals surface area (Å²) >= 11 is 3.39. The molecule has 1 heterocycles. The van der Waals surface area contributed by atoms with Crippen LogP contribution in [0.4, 0.5) is 5.69 Å². The summed E-state index contributed by atoms with van der Waals surface area (Å²) in [6.45, 7) is 2.86. The number of halogens is 1. The Labute approximate surface area is 129 Å². The molecule has 106 valence electrons. The summed E-state index contributed by atoms with van der Waals surface area (Å²) in [7, 11) is 2.13. The number of para-hydroxylation sites is 1. The molecule has 3 nitrogen and oxygen atoms in total. The van der Waals surface area contributed by atoms with Gasteiger partial charge in [0.05, 0.1) is 5.69 Å². The van der Waals surface area contributed by atoms with Crippen molar-refractivity contribution in [3.8, 4) is 0 Å². The van der Waals surface area contributed by atoms with Gasteiger partial charge in [-0.1, -0.05) is 18.2 Å². The van der Waals surface area contributed by atoms with Crippen molar-refractivity contribution < 1.29 is 0 Å². The van der Waals surface area contributed by atoms with Gasteiger partial charge in [0, 0.05) is 36.5 Å². The van der Waals surface area contributed by atoms with Crippen LogP contribution in [0.3, 0.4) is 0 Å². The minimum absolute atomic E-state index is 0.822. The maximum atomic E-state index is 4.34. The summed E-state index contributed by atoms with van der Waals surface area (Å²) in [5, 5.41) is 3.42. The number of nitrogens with zero attached hydrogens (tertiary/aromatic N) is 2. The fraction of sp³-hybridized carbons (Fsp3) is 0.312. The molecule has 0 aliphatic carbocycles. The topological polar surface area (TPSA) is 28.2 Å². The molecule has 2 rings (SSSR count). The zero-order valence-electron chi connectivity index (χ0n) is 11.7. The van der Waals surface area contributed by atoms with E-state index in [4.69, 9.17) is 0 Å². The molecule has 0 saturated heterocycles. The van der Waals surface area contributed by atoms with Gasteiger partial charge in [0.1, 0.15) is 0 Å². The molecule has 0 aliphatic heterocycles. The number of aromatic nitrogens is 1. The third kappa shape index (κ3) is 4.94. The van der Waals surface area contributed by atoms with E-state index < -0.39 is 0 Å². The van der Waals surface area contributed by atoms with Crippen molar-refractivity contribution in [2.75, 3.05) is 25.0 Å². The molecular formula is C16H20BrN3. The smallest absolute Gasteiger partial charge is 0.0542 e. The second-order valence-corrected chi connectivity index (χ2v) is 5.67. The Balaban J connectivity index is 1.63. The molecule has 0 bridgehead atoms. The molecule has 2 aromatic rings. The molecule has 4 heteroatoms. The second kappa shape index (κ2) is 8.02. The summed E-state index contributed by atoms with van der Waals surface area (Å²) < 4.78 is 1.02. The van der Waals surface area contributed by atoms with Crippen LogP contribution in [0.25, 0.3) is 0 Å². The molecule has 20 heavy (non-hydrogen) atoms. The first-order valence-electron chi connectivity index (χ1n) is 6.83. The van der Waals surface area contributed by atoms with E-state index in [9.17, 15) is 0 Å². The van der Waals surface area contributed by atoms with Crippen molar-refractivity contribution in [1.29, 1.82) is 0 Å². The average Bonchev–Trinajstić information content (AvgIpc) is 2.49. The predicted molar refractivity (Wildman–Crippen MR) is 88.0 cm³/mol. The van der Waals surface area contributed by atoms with Crippen LogP contribution in [0.15, 0.2) is 53.1 Å². The number of nitrogens with one attached hydrogen (secondary N) is 1. The van der Waals surface area contributed by atoms with E-state index in [2.05, 4.69) is 62.4 Å². The fourth-order valence-corrected chi connectivity index (χ4v) is 2.21. The number of hydrogen-bond acceptors (Lipinski definition) is 3. The predicted octanol–water partition coefficient (Wildman–Crippen LogP) is 3.46. The molecule has 1 aromatic heterocycles. The fourth-order valence-electron chi connectivity index (χ4n) is 1.98. The monoisotopic (exact) mass is 333 g/mol. The molecule has 0 fully saturated rings. The van der Waals surface area contributed by atoms with Gasteiger partial charge in [-0.2, -0.15) is 0 Å². The van der Waals surface area contributed by atoms with Crippen molar-refractivity contribution >= 4 is 21.6 Å². The molecule has 0 spiro atoms. The van der Waals surface area contributed by atoms with Gasteiger partial charge in [0.15, 0.2) is 0 Å². The SMILES string of the molecule is CN(CCCNCc1ccc(Br)cn1)c1ccccc1. The summed E-state index contributed by atoms with van der Waals surface area (Å²) in [4.78, 5) is 6.62. The number of benzene rings is 1. The standard InChI is InChI=1S/C16H20BrN3/c1-20(16-6-3-2-4-7-16)11-5-10-18-13-15-9-8-14(17)12-19-15/h2-4,6-9,12,18H,5,10-11,13H2,1H3. The number of hydrogen-bond donors (Lipinski definition) is 1. The Bertz CT molecular complexity index is 499. The third-order valence-corrected chi connectivity index (χ3v) is 3.61. The Morgan fingerprint density at radius 2 is 1.95 bits per heavy atom. The van der Waals surface area contributed by atoms with E-state index in [1.54, 1.807) is 0 Å². The lowest BCUT2D eigenvalue weighted by atomic mass is 10.3. The number of anilines is 1. The Hall–Kier alpha value is -1.39. The first-order chi connectivity index (χ1) is 9.75.